The van der Waals surface area contributed by atoms with Crippen molar-refractivity contribution in [3.8, 4) is 5.75 Å². The van der Waals surface area contributed by atoms with E-state index in [1.807, 2.05) is 42.5 Å². The number of carbonyl (C=O) groups excluding carboxylic acids is 1. The number of hydrogen-bond acceptors (Lipinski definition) is 3. The van der Waals surface area contributed by atoms with Gasteiger partial charge in [0, 0.05) is 24.6 Å². The maximum Gasteiger partial charge on any atom is 0.226 e. The van der Waals surface area contributed by atoms with E-state index in [4.69, 9.17) is 17.0 Å². The number of benzene rings is 2. The van der Waals surface area contributed by atoms with Crippen LogP contribution in [0.1, 0.15) is 44.6 Å². The Kier molecular flexibility index (Phi) is 9.35. The van der Waals surface area contributed by atoms with Crippen molar-refractivity contribution in [2.45, 2.75) is 45.4 Å². The summed E-state index contributed by atoms with van der Waals surface area (Å²) in [4.78, 5) is 11.9. The van der Waals surface area contributed by atoms with Gasteiger partial charge < -0.3 is 15.4 Å². The van der Waals surface area contributed by atoms with Crippen LogP contribution < -0.4 is 15.4 Å². The SMILES string of the molecule is CCCCCCC(=O)NC(=S)Nc1cccc(OCCc2ccccc2)c1. The van der Waals surface area contributed by atoms with Gasteiger partial charge in [0.2, 0.25) is 5.91 Å². The van der Waals surface area contributed by atoms with E-state index < -0.39 is 0 Å². The van der Waals surface area contributed by atoms with Crippen LogP contribution in [0, 0.1) is 0 Å². The van der Waals surface area contributed by atoms with Gasteiger partial charge >= 0.3 is 0 Å². The Morgan fingerprint density at radius 1 is 1.04 bits per heavy atom. The second kappa shape index (κ2) is 12.1. The van der Waals surface area contributed by atoms with Crippen LogP contribution in [0.25, 0.3) is 0 Å². The van der Waals surface area contributed by atoms with Crippen molar-refractivity contribution < 1.29 is 9.53 Å². The van der Waals surface area contributed by atoms with E-state index in [2.05, 4.69) is 29.7 Å². The zero-order valence-electron chi connectivity index (χ0n) is 15.9. The molecule has 27 heavy (non-hydrogen) atoms. The van der Waals surface area contributed by atoms with Crippen LogP contribution in [0.2, 0.25) is 0 Å². The molecule has 0 bridgehead atoms. The van der Waals surface area contributed by atoms with Crippen molar-refractivity contribution in [2.75, 3.05) is 11.9 Å². The number of unbranched alkanes of at least 4 members (excludes halogenated alkanes) is 3. The monoisotopic (exact) mass is 384 g/mol. The Balaban J connectivity index is 1.74. The number of anilines is 1. The minimum atomic E-state index is -0.0427. The summed E-state index contributed by atoms with van der Waals surface area (Å²) in [5.41, 5.74) is 2.04. The maximum atomic E-state index is 11.9. The smallest absolute Gasteiger partial charge is 0.226 e. The predicted molar refractivity (Wildman–Crippen MR) is 115 cm³/mol. The van der Waals surface area contributed by atoms with Crippen molar-refractivity contribution in [1.82, 2.24) is 5.32 Å². The average Bonchev–Trinajstić information content (AvgIpc) is 2.66. The largest absolute Gasteiger partial charge is 0.493 e. The molecule has 4 nitrogen and oxygen atoms in total. The zero-order chi connectivity index (χ0) is 19.3. The van der Waals surface area contributed by atoms with Crippen LogP contribution in [0.5, 0.6) is 5.75 Å². The maximum absolute atomic E-state index is 11.9. The van der Waals surface area contributed by atoms with E-state index in [-0.39, 0.29) is 5.91 Å². The molecule has 0 spiro atoms. The normalized spacial score (nSPS) is 10.3. The second-order valence-electron chi connectivity index (χ2n) is 6.42. The summed E-state index contributed by atoms with van der Waals surface area (Å²) in [5.74, 6) is 0.725. The Labute approximate surface area is 167 Å². The fourth-order valence-corrected chi connectivity index (χ4v) is 2.89. The lowest BCUT2D eigenvalue weighted by atomic mass is 10.1. The van der Waals surface area contributed by atoms with Crippen LogP contribution in [0.4, 0.5) is 5.69 Å². The Morgan fingerprint density at radius 2 is 1.85 bits per heavy atom. The standard InChI is InChI=1S/C22H28N2O2S/c1-2-3-4-8-14-21(25)24-22(27)23-19-12-9-13-20(17-19)26-16-15-18-10-6-5-7-11-18/h5-7,9-13,17H,2-4,8,14-16H2,1H3,(H2,23,24,25,27). The van der Waals surface area contributed by atoms with Gasteiger partial charge in [0.1, 0.15) is 5.75 Å². The fourth-order valence-electron chi connectivity index (χ4n) is 2.66. The van der Waals surface area contributed by atoms with Gasteiger partial charge in [-0.3, -0.25) is 4.79 Å². The first-order valence-electron chi connectivity index (χ1n) is 9.55. The Morgan fingerprint density at radius 3 is 2.63 bits per heavy atom. The van der Waals surface area contributed by atoms with Crippen LogP contribution in [-0.4, -0.2) is 17.6 Å². The number of carbonyl (C=O) groups is 1. The molecule has 5 heteroatoms. The predicted octanol–water partition coefficient (Wildman–Crippen LogP) is 5.09. The van der Waals surface area contributed by atoms with Gasteiger partial charge in [0.25, 0.3) is 0 Å². The van der Waals surface area contributed by atoms with E-state index in [1.54, 1.807) is 0 Å². The molecule has 2 N–H and O–H groups in total. The molecule has 0 radical (unpaired) electrons. The zero-order valence-corrected chi connectivity index (χ0v) is 16.7. The summed E-state index contributed by atoms with van der Waals surface area (Å²) >= 11 is 5.22. The molecular weight excluding hydrogens is 356 g/mol. The highest BCUT2D eigenvalue weighted by Crippen LogP contribution is 2.17. The molecule has 0 aliphatic carbocycles. The minimum absolute atomic E-state index is 0.0427. The lowest BCUT2D eigenvalue weighted by molar-refractivity contribution is -0.119. The van der Waals surface area contributed by atoms with Crippen molar-refractivity contribution in [1.29, 1.82) is 0 Å². The van der Waals surface area contributed by atoms with E-state index >= 15 is 0 Å². The lowest BCUT2D eigenvalue weighted by Crippen LogP contribution is -2.33. The van der Waals surface area contributed by atoms with Gasteiger partial charge in [-0.2, -0.15) is 0 Å². The number of amides is 1. The summed E-state index contributed by atoms with van der Waals surface area (Å²) in [6.45, 7) is 2.75. The summed E-state index contributed by atoms with van der Waals surface area (Å²) in [7, 11) is 0. The third-order valence-corrected chi connectivity index (χ3v) is 4.31. The molecule has 144 valence electrons. The molecule has 2 aromatic carbocycles. The number of hydrogen-bond donors (Lipinski definition) is 2. The molecule has 0 atom stereocenters. The summed E-state index contributed by atoms with van der Waals surface area (Å²) < 4.78 is 5.82. The lowest BCUT2D eigenvalue weighted by Gasteiger charge is -2.11. The highest BCUT2D eigenvalue weighted by atomic mass is 32.1. The second-order valence-corrected chi connectivity index (χ2v) is 6.83. The molecule has 2 aromatic rings. The molecule has 0 saturated carbocycles. The summed E-state index contributed by atoms with van der Waals surface area (Å²) in [5, 5.41) is 6.09. The van der Waals surface area contributed by atoms with E-state index in [1.165, 1.54) is 5.56 Å². The molecule has 0 aliphatic heterocycles. The van der Waals surface area contributed by atoms with Crippen molar-refractivity contribution in [2.24, 2.45) is 0 Å². The molecule has 0 saturated heterocycles. The van der Waals surface area contributed by atoms with Gasteiger partial charge in [-0.25, -0.2) is 0 Å². The Bertz CT molecular complexity index is 719. The van der Waals surface area contributed by atoms with Crippen molar-refractivity contribution >= 4 is 28.9 Å². The molecule has 0 aromatic heterocycles. The van der Waals surface area contributed by atoms with Gasteiger partial charge in [-0.05, 0) is 36.3 Å². The van der Waals surface area contributed by atoms with Gasteiger partial charge in [-0.1, -0.05) is 62.6 Å². The molecule has 0 fully saturated rings. The van der Waals surface area contributed by atoms with Crippen LogP contribution >= 0.6 is 12.2 Å². The summed E-state index contributed by atoms with van der Waals surface area (Å²) in [6.07, 6.45) is 5.65. The van der Waals surface area contributed by atoms with Crippen LogP contribution in [0.3, 0.4) is 0 Å². The number of ether oxygens (including phenoxy) is 1. The van der Waals surface area contributed by atoms with Gasteiger partial charge in [0.15, 0.2) is 5.11 Å². The van der Waals surface area contributed by atoms with Crippen molar-refractivity contribution in [3.63, 3.8) is 0 Å². The third-order valence-electron chi connectivity index (χ3n) is 4.10. The first-order chi connectivity index (χ1) is 13.2. The third kappa shape index (κ3) is 8.69. The van der Waals surface area contributed by atoms with Crippen molar-refractivity contribution in [3.05, 3.63) is 60.2 Å². The van der Waals surface area contributed by atoms with Crippen LogP contribution in [-0.2, 0) is 11.2 Å². The quantitative estimate of drug-likeness (QED) is 0.442. The Hall–Kier alpha value is -2.40. The van der Waals surface area contributed by atoms with E-state index in [0.717, 1.165) is 43.5 Å². The average molecular weight is 385 g/mol. The van der Waals surface area contributed by atoms with Crippen LogP contribution in [0.15, 0.2) is 54.6 Å². The highest BCUT2D eigenvalue weighted by molar-refractivity contribution is 7.80. The van der Waals surface area contributed by atoms with E-state index in [0.29, 0.717) is 18.1 Å². The van der Waals surface area contributed by atoms with E-state index in [9.17, 15) is 4.79 Å². The first kappa shape index (κ1) is 20.9. The molecule has 1 amide bonds. The summed E-state index contributed by atoms with van der Waals surface area (Å²) in [6, 6.07) is 17.8. The molecule has 0 unspecified atom stereocenters. The number of nitrogens with one attached hydrogen (secondary N) is 2. The van der Waals surface area contributed by atoms with Gasteiger partial charge in [-0.15, -0.1) is 0 Å². The molecular formula is C22H28N2O2S. The number of rotatable bonds is 10. The topological polar surface area (TPSA) is 50.4 Å². The molecule has 0 heterocycles. The molecule has 0 aliphatic rings. The minimum Gasteiger partial charge on any atom is -0.493 e. The number of thiocarbonyl (C=S) groups is 1. The van der Waals surface area contributed by atoms with Gasteiger partial charge in [0.05, 0.1) is 6.61 Å². The fraction of sp³-hybridized carbons (Fsp3) is 0.364. The molecule has 2 rings (SSSR count). The highest BCUT2D eigenvalue weighted by Gasteiger charge is 2.05. The first-order valence-corrected chi connectivity index (χ1v) is 9.96.